The zero-order chi connectivity index (χ0) is 19.3. The van der Waals surface area contributed by atoms with Gasteiger partial charge >= 0.3 is 0 Å². The van der Waals surface area contributed by atoms with Crippen LogP contribution in [-0.4, -0.2) is 25.1 Å². The molecule has 2 aromatic rings. The number of ether oxygens (including phenoxy) is 2. The van der Waals surface area contributed by atoms with Crippen LogP contribution in [0.25, 0.3) is 6.08 Å². The first-order valence-corrected chi connectivity index (χ1v) is 7.82. The number of amides is 1. The Morgan fingerprint density at radius 2 is 1.77 bits per heavy atom. The molecule has 0 bridgehead atoms. The molecule has 136 valence electrons. The van der Waals surface area contributed by atoms with Crippen molar-refractivity contribution < 1.29 is 19.2 Å². The number of carbonyl (C=O) groups excluding carboxylic acids is 1. The molecule has 7 nitrogen and oxygen atoms in total. The monoisotopic (exact) mass is 356 g/mol. The van der Waals surface area contributed by atoms with Crippen LogP contribution in [0.2, 0.25) is 0 Å². The number of anilines is 1. The summed E-state index contributed by atoms with van der Waals surface area (Å²) in [6.07, 6.45) is 3.07. The molecule has 2 aromatic carbocycles. The van der Waals surface area contributed by atoms with Crippen LogP contribution in [0.5, 0.6) is 11.5 Å². The van der Waals surface area contributed by atoms with Gasteiger partial charge in [-0.05, 0) is 54.8 Å². The van der Waals surface area contributed by atoms with Crippen LogP contribution < -0.4 is 14.8 Å². The van der Waals surface area contributed by atoms with Gasteiger partial charge in [0.2, 0.25) is 5.91 Å². The summed E-state index contributed by atoms with van der Waals surface area (Å²) >= 11 is 0. The quantitative estimate of drug-likeness (QED) is 0.482. The second-order valence-electron chi connectivity index (χ2n) is 5.64. The molecule has 0 unspecified atom stereocenters. The molecular formula is C19H20N2O5. The molecule has 0 aliphatic carbocycles. The number of nitro groups is 1. The van der Waals surface area contributed by atoms with Crippen molar-refractivity contribution in [3.8, 4) is 11.5 Å². The van der Waals surface area contributed by atoms with Gasteiger partial charge in [-0.25, -0.2) is 0 Å². The van der Waals surface area contributed by atoms with Gasteiger partial charge in [0.1, 0.15) is 11.5 Å². The van der Waals surface area contributed by atoms with Crippen LogP contribution in [0.4, 0.5) is 11.4 Å². The maximum Gasteiger partial charge on any atom is 0.271 e. The molecule has 1 amide bonds. The highest BCUT2D eigenvalue weighted by Gasteiger charge is 2.13. The summed E-state index contributed by atoms with van der Waals surface area (Å²) in [6.45, 7) is 3.85. The fourth-order valence-corrected chi connectivity index (χ4v) is 2.56. The molecule has 0 aromatic heterocycles. The average Bonchev–Trinajstić information content (AvgIpc) is 2.60. The highest BCUT2D eigenvalue weighted by Crippen LogP contribution is 2.29. The van der Waals surface area contributed by atoms with Gasteiger partial charge in [-0.1, -0.05) is 0 Å². The highest BCUT2D eigenvalue weighted by molar-refractivity contribution is 6.03. The van der Waals surface area contributed by atoms with E-state index in [1.807, 2.05) is 26.0 Å². The second kappa shape index (κ2) is 8.15. The van der Waals surface area contributed by atoms with E-state index in [9.17, 15) is 14.9 Å². The number of rotatable bonds is 6. The maximum absolute atomic E-state index is 12.2. The summed E-state index contributed by atoms with van der Waals surface area (Å²) in [5, 5.41) is 13.5. The Balaban J connectivity index is 2.23. The molecule has 0 atom stereocenters. The molecule has 0 saturated heterocycles. The third kappa shape index (κ3) is 4.38. The number of aryl methyl sites for hydroxylation is 2. The van der Waals surface area contributed by atoms with Gasteiger partial charge in [-0.15, -0.1) is 0 Å². The Hall–Kier alpha value is -3.35. The van der Waals surface area contributed by atoms with Crippen LogP contribution in [0, 0.1) is 24.0 Å². The number of carbonyl (C=O) groups is 1. The molecule has 26 heavy (non-hydrogen) atoms. The molecule has 2 rings (SSSR count). The molecule has 0 aliphatic rings. The zero-order valence-corrected chi connectivity index (χ0v) is 15.0. The molecule has 0 aliphatic heterocycles. The third-order valence-electron chi connectivity index (χ3n) is 3.86. The van der Waals surface area contributed by atoms with E-state index in [0.717, 1.165) is 22.4 Å². The second-order valence-corrected chi connectivity index (χ2v) is 5.64. The van der Waals surface area contributed by atoms with E-state index in [1.165, 1.54) is 31.4 Å². The lowest BCUT2D eigenvalue weighted by Crippen LogP contribution is -2.09. The number of benzene rings is 2. The van der Waals surface area contributed by atoms with E-state index < -0.39 is 10.8 Å². The number of non-ortho nitro benzene ring substituents is 1. The van der Waals surface area contributed by atoms with Crippen LogP contribution in [0.1, 0.15) is 16.7 Å². The van der Waals surface area contributed by atoms with Gasteiger partial charge in [0.15, 0.2) is 0 Å². The number of nitrogens with zero attached hydrogens (tertiary/aromatic N) is 1. The number of hydrogen-bond donors (Lipinski definition) is 1. The Kier molecular flexibility index (Phi) is 5.95. The van der Waals surface area contributed by atoms with Crippen molar-refractivity contribution in [2.24, 2.45) is 0 Å². The van der Waals surface area contributed by atoms with Crippen LogP contribution in [0.15, 0.2) is 36.4 Å². The first-order valence-electron chi connectivity index (χ1n) is 7.82. The maximum atomic E-state index is 12.2. The van der Waals surface area contributed by atoms with Crippen molar-refractivity contribution in [1.82, 2.24) is 0 Å². The van der Waals surface area contributed by atoms with Crippen molar-refractivity contribution in [1.29, 1.82) is 0 Å². The Labute approximate surface area is 151 Å². The fourth-order valence-electron chi connectivity index (χ4n) is 2.56. The summed E-state index contributed by atoms with van der Waals surface area (Å²) < 4.78 is 10.4. The zero-order valence-electron chi connectivity index (χ0n) is 15.0. The lowest BCUT2D eigenvalue weighted by Gasteiger charge is -2.10. The van der Waals surface area contributed by atoms with Gasteiger partial charge in [-0.2, -0.15) is 0 Å². The Bertz CT molecular complexity index is 851. The minimum Gasteiger partial charge on any atom is -0.497 e. The minimum absolute atomic E-state index is 0.132. The van der Waals surface area contributed by atoms with Gasteiger partial charge in [-0.3, -0.25) is 14.9 Å². The SMILES string of the molecule is COc1cc(C)c(/C=C/C(=O)Nc2cc([N+](=O)[O-])ccc2OC)c(C)c1. The summed E-state index contributed by atoms with van der Waals surface area (Å²) in [7, 11) is 3.03. The van der Waals surface area contributed by atoms with Crippen LogP contribution in [-0.2, 0) is 4.79 Å². The Morgan fingerprint density at radius 3 is 2.31 bits per heavy atom. The first-order chi connectivity index (χ1) is 12.3. The molecule has 1 N–H and O–H groups in total. The number of nitrogens with one attached hydrogen (secondary N) is 1. The lowest BCUT2D eigenvalue weighted by atomic mass is 10.0. The smallest absolute Gasteiger partial charge is 0.271 e. The Morgan fingerprint density at radius 1 is 1.12 bits per heavy atom. The van der Waals surface area contributed by atoms with Gasteiger partial charge in [0, 0.05) is 18.2 Å². The number of methoxy groups -OCH3 is 2. The molecular weight excluding hydrogens is 336 g/mol. The normalized spacial score (nSPS) is 10.6. The molecule has 0 spiro atoms. The summed E-state index contributed by atoms with van der Waals surface area (Å²) in [5.41, 5.74) is 2.95. The summed E-state index contributed by atoms with van der Waals surface area (Å²) in [5.74, 6) is 0.676. The van der Waals surface area contributed by atoms with Crippen LogP contribution in [0.3, 0.4) is 0 Å². The van der Waals surface area contributed by atoms with Gasteiger partial charge in [0.25, 0.3) is 5.69 Å². The topological polar surface area (TPSA) is 90.7 Å². The predicted octanol–water partition coefficient (Wildman–Crippen LogP) is 3.88. The van der Waals surface area contributed by atoms with Crippen molar-refractivity contribution in [2.75, 3.05) is 19.5 Å². The number of hydrogen-bond acceptors (Lipinski definition) is 5. The van der Waals surface area contributed by atoms with Gasteiger partial charge in [0.05, 0.1) is 24.8 Å². The van der Waals surface area contributed by atoms with Crippen molar-refractivity contribution in [3.05, 3.63) is 63.2 Å². The van der Waals surface area contributed by atoms with E-state index in [4.69, 9.17) is 9.47 Å². The molecule has 0 heterocycles. The molecule has 0 radical (unpaired) electrons. The molecule has 0 fully saturated rings. The minimum atomic E-state index is -0.533. The average molecular weight is 356 g/mol. The molecule has 0 saturated carbocycles. The highest BCUT2D eigenvalue weighted by atomic mass is 16.6. The van der Waals surface area contributed by atoms with Gasteiger partial charge < -0.3 is 14.8 Å². The third-order valence-corrected chi connectivity index (χ3v) is 3.86. The standard InChI is InChI=1S/C19H20N2O5/c1-12-9-15(25-3)10-13(2)16(12)6-8-19(22)20-17-11-14(21(23)24)5-7-18(17)26-4/h5-11H,1-4H3,(H,20,22)/b8-6+. The predicted molar refractivity (Wildman–Crippen MR) is 99.8 cm³/mol. The number of nitro benzene ring substituents is 1. The lowest BCUT2D eigenvalue weighted by molar-refractivity contribution is -0.384. The fraction of sp³-hybridized carbons (Fsp3) is 0.211. The van der Waals surface area contributed by atoms with Crippen molar-refractivity contribution in [3.63, 3.8) is 0 Å². The van der Waals surface area contributed by atoms with E-state index in [-0.39, 0.29) is 11.4 Å². The summed E-state index contributed by atoms with van der Waals surface area (Å²) in [6, 6.07) is 7.78. The van der Waals surface area contributed by atoms with Crippen molar-refractivity contribution in [2.45, 2.75) is 13.8 Å². The van der Waals surface area contributed by atoms with E-state index in [1.54, 1.807) is 13.2 Å². The van der Waals surface area contributed by atoms with Crippen molar-refractivity contribution >= 4 is 23.4 Å². The van der Waals surface area contributed by atoms with Crippen LogP contribution >= 0.6 is 0 Å². The largest absolute Gasteiger partial charge is 0.497 e. The molecule has 7 heteroatoms. The van der Waals surface area contributed by atoms with E-state index in [2.05, 4.69) is 5.32 Å². The summed E-state index contributed by atoms with van der Waals surface area (Å²) in [4.78, 5) is 22.6. The van der Waals surface area contributed by atoms with E-state index in [0.29, 0.717) is 5.75 Å². The first kappa shape index (κ1) is 19.0. The van der Waals surface area contributed by atoms with E-state index >= 15 is 0 Å².